The SMILES string of the molecule is Cc1ccc(NC(=O)[C@@H]2CC(=O)Nc3nc4ccccc4n32)cc1[N+](=O)[O-]. The molecule has 3 aromatic rings. The number of benzene rings is 2. The number of rotatable bonds is 3. The van der Waals surface area contributed by atoms with Crippen LogP contribution in [0.3, 0.4) is 0 Å². The topological polar surface area (TPSA) is 119 Å². The Morgan fingerprint density at radius 3 is 2.89 bits per heavy atom. The molecule has 4 rings (SSSR count). The molecule has 1 atom stereocenters. The first-order valence-corrected chi connectivity index (χ1v) is 8.27. The Labute approximate surface area is 153 Å². The van der Waals surface area contributed by atoms with Crippen LogP contribution < -0.4 is 10.6 Å². The summed E-state index contributed by atoms with van der Waals surface area (Å²) >= 11 is 0. The van der Waals surface area contributed by atoms with Crippen molar-refractivity contribution in [3.63, 3.8) is 0 Å². The average Bonchev–Trinajstić information content (AvgIpc) is 3.00. The Hall–Kier alpha value is -3.75. The van der Waals surface area contributed by atoms with Crippen molar-refractivity contribution in [2.75, 3.05) is 10.6 Å². The average molecular weight is 365 g/mol. The van der Waals surface area contributed by atoms with Crippen molar-refractivity contribution < 1.29 is 14.5 Å². The minimum absolute atomic E-state index is 0.0485. The number of nitrogens with zero attached hydrogens (tertiary/aromatic N) is 3. The van der Waals surface area contributed by atoms with Gasteiger partial charge in [0.15, 0.2) is 0 Å². The lowest BCUT2D eigenvalue weighted by Crippen LogP contribution is -2.35. The number of nitro groups is 1. The summed E-state index contributed by atoms with van der Waals surface area (Å²) in [5.74, 6) is -0.442. The molecule has 0 radical (unpaired) electrons. The Morgan fingerprint density at radius 1 is 1.33 bits per heavy atom. The molecular weight excluding hydrogens is 350 g/mol. The van der Waals surface area contributed by atoms with Gasteiger partial charge in [-0.3, -0.25) is 29.6 Å². The van der Waals surface area contributed by atoms with E-state index in [9.17, 15) is 19.7 Å². The Kier molecular flexibility index (Phi) is 3.84. The van der Waals surface area contributed by atoms with Crippen LogP contribution in [0.2, 0.25) is 0 Å². The summed E-state index contributed by atoms with van der Waals surface area (Å²) in [4.78, 5) is 39.9. The normalized spacial score (nSPS) is 15.9. The van der Waals surface area contributed by atoms with Crippen LogP contribution in [-0.2, 0) is 9.59 Å². The zero-order valence-corrected chi connectivity index (χ0v) is 14.3. The number of carbonyl (C=O) groups excluding carboxylic acids is 2. The predicted octanol–water partition coefficient (Wildman–Crippen LogP) is 2.77. The van der Waals surface area contributed by atoms with Gasteiger partial charge in [-0.2, -0.15) is 0 Å². The number of nitrogens with one attached hydrogen (secondary N) is 2. The minimum Gasteiger partial charge on any atom is -0.324 e. The van der Waals surface area contributed by atoms with Crippen molar-refractivity contribution >= 4 is 40.2 Å². The number of hydrogen-bond donors (Lipinski definition) is 2. The summed E-state index contributed by atoms with van der Waals surface area (Å²) in [6.07, 6.45) is -0.0485. The predicted molar refractivity (Wildman–Crippen MR) is 98.5 cm³/mol. The number of anilines is 2. The molecule has 9 nitrogen and oxygen atoms in total. The van der Waals surface area contributed by atoms with E-state index < -0.39 is 16.9 Å². The first kappa shape index (κ1) is 16.7. The van der Waals surface area contributed by atoms with Crippen LogP contribution in [0, 0.1) is 17.0 Å². The van der Waals surface area contributed by atoms with E-state index in [2.05, 4.69) is 15.6 Å². The van der Waals surface area contributed by atoms with Crippen molar-refractivity contribution in [2.24, 2.45) is 0 Å². The maximum Gasteiger partial charge on any atom is 0.274 e. The fourth-order valence-electron chi connectivity index (χ4n) is 3.21. The second-order valence-electron chi connectivity index (χ2n) is 6.31. The van der Waals surface area contributed by atoms with Gasteiger partial charge in [0.2, 0.25) is 17.8 Å². The second kappa shape index (κ2) is 6.20. The van der Waals surface area contributed by atoms with Gasteiger partial charge in [0.05, 0.1) is 22.4 Å². The first-order valence-electron chi connectivity index (χ1n) is 8.27. The standard InChI is InChI=1S/C18H15N5O4/c1-10-6-7-11(8-14(10)23(26)27)19-17(25)15-9-16(24)21-18-20-12-4-2-3-5-13(12)22(15)18/h2-8,15H,9H2,1H3,(H,19,25)(H,20,21,24)/t15-/m0/s1. The zero-order valence-electron chi connectivity index (χ0n) is 14.3. The van der Waals surface area contributed by atoms with Crippen molar-refractivity contribution in [3.05, 3.63) is 58.1 Å². The van der Waals surface area contributed by atoms with E-state index in [1.54, 1.807) is 29.7 Å². The summed E-state index contributed by atoms with van der Waals surface area (Å²) in [6.45, 7) is 1.62. The maximum absolute atomic E-state index is 12.9. The van der Waals surface area contributed by atoms with Gasteiger partial charge in [-0.25, -0.2) is 4.98 Å². The number of hydrogen-bond acceptors (Lipinski definition) is 5. The zero-order chi connectivity index (χ0) is 19.1. The highest BCUT2D eigenvalue weighted by molar-refractivity contribution is 6.03. The smallest absolute Gasteiger partial charge is 0.274 e. The van der Waals surface area contributed by atoms with E-state index in [0.29, 0.717) is 22.7 Å². The number of para-hydroxylation sites is 2. The van der Waals surface area contributed by atoms with E-state index >= 15 is 0 Å². The summed E-state index contributed by atoms with van der Waals surface area (Å²) in [5.41, 5.74) is 2.11. The molecule has 0 fully saturated rings. The molecule has 0 saturated carbocycles. The molecule has 9 heteroatoms. The lowest BCUT2D eigenvalue weighted by atomic mass is 10.1. The number of aromatic nitrogens is 2. The van der Waals surface area contributed by atoms with Crippen LogP contribution in [0.5, 0.6) is 0 Å². The van der Waals surface area contributed by atoms with Crippen molar-refractivity contribution in [2.45, 2.75) is 19.4 Å². The van der Waals surface area contributed by atoms with Gasteiger partial charge in [-0.15, -0.1) is 0 Å². The second-order valence-corrected chi connectivity index (χ2v) is 6.31. The van der Waals surface area contributed by atoms with Gasteiger partial charge in [-0.05, 0) is 25.1 Å². The van der Waals surface area contributed by atoms with Gasteiger partial charge in [0, 0.05) is 17.3 Å². The van der Waals surface area contributed by atoms with E-state index in [0.717, 1.165) is 5.52 Å². The molecule has 0 spiro atoms. The van der Waals surface area contributed by atoms with Crippen LogP contribution >= 0.6 is 0 Å². The highest BCUT2D eigenvalue weighted by atomic mass is 16.6. The van der Waals surface area contributed by atoms with Crippen LogP contribution in [0.15, 0.2) is 42.5 Å². The third kappa shape index (κ3) is 2.88. The molecule has 1 aliphatic rings. The maximum atomic E-state index is 12.9. The number of carbonyl (C=O) groups is 2. The fourth-order valence-corrected chi connectivity index (χ4v) is 3.21. The largest absolute Gasteiger partial charge is 0.324 e. The molecule has 0 unspecified atom stereocenters. The summed E-state index contributed by atoms with van der Waals surface area (Å²) in [6, 6.07) is 10.9. The summed E-state index contributed by atoms with van der Waals surface area (Å²) in [7, 11) is 0. The van der Waals surface area contributed by atoms with Gasteiger partial charge in [-0.1, -0.05) is 18.2 Å². The van der Waals surface area contributed by atoms with Gasteiger partial charge in [0.1, 0.15) is 6.04 Å². The van der Waals surface area contributed by atoms with Gasteiger partial charge < -0.3 is 5.32 Å². The highest BCUT2D eigenvalue weighted by Gasteiger charge is 2.33. The number of nitro benzene ring substituents is 1. The molecule has 27 heavy (non-hydrogen) atoms. The quantitative estimate of drug-likeness (QED) is 0.546. The van der Waals surface area contributed by atoms with Crippen molar-refractivity contribution in [1.82, 2.24) is 9.55 Å². The van der Waals surface area contributed by atoms with Gasteiger partial charge in [0.25, 0.3) is 5.69 Å². The number of aryl methyl sites for hydroxylation is 1. The molecular formula is C18H15N5O4. The Balaban J connectivity index is 1.70. The molecule has 136 valence electrons. The molecule has 0 saturated heterocycles. The molecule has 2 amide bonds. The lowest BCUT2D eigenvalue weighted by molar-refractivity contribution is -0.385. The van der Waals surface area contributed by atoms with Gasteiger partial charge >= 0.3 is 0 Å². The minimum atomic E-state index is -0.804. The van der Waals surface area contributed by atoms with Crippen molar-refractivity contribution in [1.29, 1.82) is 0 Å². The van der Waals surface area contributed by atoms with E-state index in [1.807, 2.05) is 18.2 Å². The highest BCUT2D eigenvalue weighted by Crippen LogP contribution is 2.31. The molecule has 1 aromatic heterocycles. The first-order chi connectivity index (χ1) is 12.9. The number of imidazole rings is 1. The van der Waals surface area contributed by atoms with Crippen LogP contribution in [0.1, 0.15) is 18.0 Å². The summed E-state index contributed by atoms with van der Waals surface area (Å²) in [5, 5.41) is 16.5. The third-order valence-corrected chi connectivity index (χ3v) is 4.51. The van der Waals surface area contributed by atoms with Crippen LogP contribution in [0.4, 0.5) is 17.3 Å². The van der Waals surface area contributed by atoms with Crippen molar-refractivity contribution in [3.8, 4) is 0 Å². The molecule has 2 N–H and O–H groups in total. The fraction of sp³-hybridized carbons (Fsp3) is 0.167. The van der Waals surface area contributed by atoms with Crippen LogP contribution in [-0.4, -0.2) is 26.3 Å². The van der Waals surface area contributed by atoms with E-state index in [-0.39, 0.29) is 18.0 Å². The molecule has 2 heterocycles. The van der Waals surface area contributed by atoms with Crippen LogP contribution in [0.25, 0.3) is 11.0 Å². The molecule has 0 aliphatic carbocycles. The Bertz CT molecular complexity index is 1100. The Morgan fingerprint density at radius 2 is 2.11 bits per heavy atom. The van der Waals surface area contributed by atoms with E-state index in [4.69, 9.17) is 0 Å². The number of amides is 2. The summed E-state index contributed by atoms with van der Waals surface area (Å²) < 4.78 is 1.68. The molecule has 1 aliphatic heterocycles. The molecule has 2 aromatic carbocycles. The number of fused-ring (bicyclic) bond motifs is 3. The van der Waals surface area contributed by atoms with E-state index in [1.165, 1.54) is 6.07 Å². The monoisotopic (exact) mass is 365 g/mol. The lowest BCUT2D eigenvalue weighted by Gasteiger charge is -2.25. The third-order valence-electron chi connectivity index (χ3n) is 4.51. The molecule has 0 bridgehead atoms.